The molecule has 0 unspecified atom stereocenters. The predicted molar refractivity (Wildman–Crippen MR) is 88.0 cm³/mol. The highest BCUT2D eigenvalue weighted by molar-refractivity contribution is 6.00. The Balaban J connectivity index is 1.65. The number of anilines is 1. The fourth-order valence-corrected chi connectivity index (χ4v) is 3.42. The van der Waals surface area contributed by atoms with Gasteiger partial charge >= 0.3 is 0 Å². The Hall–Kier alpha value is -1.95. The minimum absolute atomic E-state index is 0.0300. The van der Waals surface area contributed by atoms with Crippen LogP contribution < -0.4 is 4.90 Å². The Kier molecular flexibility index (Phi) is 5.14. The summed E-state index contributed by atoms with van der Waals surface area (Å²) in [4.78, 5) is 28.5. The molecular weight excluding hydrogens is 311 g/mol. The van der Waals surface area contributed by atoms with Gasteiger partial charge in [0.2, 0.25) is 11.8 Å². The SMILES string of the molecule is CCN(C[C@H]1CCOC1)C(=O)[C@@H]1CC(=O)N(c2ccc(F)cc2)C1. The molecule has 0 radical (unpaired) electrons. The number of rotatable bonds is 5. The van der Waals surface area contributed by atoms with E-state index in [0.29, 0.717) is 37.8 Å². The fraction of sp³-hybridized carbons (Fsp3) is 0.556. The normalized spacial score (nSPS) is 23.8. The minimum Gasteiger partial charge on any atom is -0.381 e. The van der Waals surface area contributed by atoms with Crippen molar-refractivity contribution in [3.63, 3.8) is 0 Å². The first-order chi connectivity index (χ1) is 11.6. The van der Waals surface area contributed by atoms with Gasteiger partial charge in [-0.3, -0.25) is 9.59 Å². The zero-order chi connectivity index (χ0) is 17.1. The van der Waals surface area contributed by atoms with Gasteiger partial charge in [0.25, 0.3) is 0 Å². The van der Waals surface area contributed by atoms with E-state index in [4.69, 9.17) is 4.74 Å². The van der Waals surface area contributed by atoms with Gasteiger partial charge in [0, 0.05) is 44.3 Å². The number of hydrogen-bond acceptors (Lipinski definition) is 3. The lowest BCUT2D eigenvalue weighted by atomic mass is 10.0. The van der Waals surface area contributed by atoms with Crippen molar-refractivity contribution in [2.75, 3.05) is 37.7 Å². The number of hydrogen-bond donors (Lipinski definition) is 0. The van der Waals surface area contributed by atoms with Gasteiger partial charge in [-0.15, -0.1) is 0 Å². The molecule has 2 atom stereocenters. The summed E-state index contributed by atoms with van der Waals surface area (Å²) in [5.74, 6) is -0.333. The first-order valence-electron chi connectivity index (χ1n) is 8.51. The standard InChI is InChI=1S/C18H23FN2O3/c1-2-20(10-13-7-8-24-12-13)18(23)14-9-17(22)21(11-14)16-5-3-15(19)4-6-16/h3-6,13-14H,2,7-12H2,1H3/t13-,14-/m1/s1. The summed E-state index contributed by atoms with van der Waals surface area (Å²) < 4.78 is 18.4. The van der Waals surface area contributed by atoms with E-state index in [1.54, 1.807) is 17.0 Å². The summed E-state index contributed by atoms with van der Waals surface area (Å²) in [6.45, 7) is 5.11. The molecule has 2 amide bonds. The molecule has 130 valence electrons. The van der Waals surface area contributed by atoms with Gasteiger partial charge in [-0.25, -0.2) is 4.39 Å². The maximum absolute atomic E-state index is 13.0. The van der Waals surface area contributed by atoms with Gasteiger partial charge in [-0.1, -0.05) is 0 Å². The summed E-state index contributed by atoms with van der Waals surface area (Å²) in [6.07, 6.45) is 1.20. The van der Waals surface area contributed by atoms with Crippen LogP contribution in [0, 0.1) is 17.7 Å². The molecule has 2 aliphatic heterocycles. The minimum atomic E-state index is -0.339. The molecule has 24 heavy (non-hydrogen) atoms. The second kappa shape index (κ2) is 7.30. The van der Waals surface area contributed by atoms with Crippen molar-refractivity contribution in [2.45, 2.75) is 19.8 Å². The van der Waals surface area contributed by atoms with Crippen molar-refractivity contribution in [1.82, 2.24) is 4.90 Å². The van der Waals surface area contributed by atoms with E-state index in [0.717, 1.165) is 13.0 Å². The van der Waals surface area contributed by atoms with E-state index in [2.05, 4.69) is 0 Å². The second-order valence-electron chi connectivity index (χ2n) is 6.49. The Bertz CT molecular complexity index is 599. The fourth-order valence-electron chi connectivity index (χ4n) is 3.42. The van der Waals surface area contributed by atoms with Gasteiger partial charge in [0.1, 0.15) is 5.82 Å². The molecule has 0 saturated carbocycles. The van der Waals surface area contributed by atoms with Crippen LogP contribution in [0.5, 0.6) is 0 Å². The van der Waals surface area contributed by atoms with Crippen LogP contribution in [0.2, 0.25) is 0 Å². The topological polar surface area (TPSA) is 49.9 Å². The van der Waals surface area contributed by atoms with Crippen LogP contribution >= 0.6 is 0 Å². The lowest BCUT2D eigenvalue weighted by Gasteiger charge is -2.26. The molecule has 0 aromatic heterocycles. The molecule has 0 spiro atoms. The molecule has 1 aromatic rings. The van der Waals surface area contributed by atoms with Crippen molar-refractivity contribution < 1.29 is 18.7 Å². The van der Waals surface area contributed by atoms with E-state index in [1.165, 1.54) is 12.1 Å². The third-order valence-corrected chi connectivity index (χ3v) is 4.81. The van der Waals surface area contributed by atoms with E-state index >= 15 is 0 Å². The Morgan fingerprint density at radius 1 is 1.38 bits per heavy atom. The molecule has 1 aromatic carbocycles. The van der Waals surface area contributed by atoms with Crippen LogP contribution in [0.4, 0.5) is 10.1 Å². The number of amides is 2. The number of carbonyl (C=O) groups excluding carboxylic acids is 2. The zero-order valence-electron chi connectivity index (χ0n) is 13.9. The first-order valence-corrected chi connectivity index (χ1v) is 8.51. The Labute approximate surface area is 141 Å². The van der Waals surface area contributed by atoms with Gasteiger partial charge in [-0.2, -0.15) is 0 Å². The number of halogens is 1. The second-order valence-corrected chi connectivity index (χ2v) is 6.49. The number of nitrogens with zero attached hydrogens (tertiary/aromatic N) is 2. The maximum atomic E-state index is 13.0. The first kappa shape index (κ1) is 16.9. The lowest BCUT2D eigenvalue weighted by Crippen LogP contribution is -2.40. The quantitative estimate of drug-likeness (QED) is 0.828. The van der Waals surface area contributed by atoms with Crippen LogP contribution in [0.3, 0.4) is 0 Å². The summed E-state index contributed by atoms with van der Waals surface area (Å²) in [5.41, 5.74) is 0.643. The van der Waals surface area contributed by atoms with Crippen LogP contribution in [0.15, 0.2) is 24.3 Å². The molecule has 2 saturated heterocycles. The van der Waals surface area contributed by atoms with E-state index in [9.17, 15) is 14.0 Å². The van der Waals surface area contributed by atoms with Crippen LogP contribution in [0.1, 0.15) is 19.8 Å². The van der Waals surface area contributed by atoms with Crippen molar-refractivity contribution in [3.8, 4) is 0 Å². The molecule has 2 heterocycles. The van der Waals surface area contributed by atoms with E-state index in [-0.39, 0.29) is 30.0 Å². The molecule has 6 heteroatoms. The Morgan fingerprint density at radius 2 is 2.12 bits per heavy atom. The van der Waals surface area contributed by atoms with Crippen LogP contribution in [0.25, 0.3) is 0 Å². The number of ether oxygens (including phenoxy) is 1. The van der Waals surface area contributed by atoms with Crippen molar-refractivity contribution in [1.29, 1.82) is 0 Å². The molecule has 0 aliphatic carbocycles. The molecule has 5 nitrogen and oxygen atoms in total. The molecule has 3 rings (SSSR count). The van der Waals surface area contributed by atoms with Gasteiger partial charge < -0.3 is 14.5 Å². The third kappa shape index (κ3) is 3.59. The smallest absolute Gasteiger partial charge is 0.228 e. The van der Waals surface area contributed by atoms with E-state index in [1.807, 2.05) is 11.8 Å². The third-order valence-electron chi connectivity index (χ3n) is 4.81. The average molecular weight is 334 g/mol. The summed E-state index contributed by atoms with van der Waals surface area (Å²) in [7, 11) is 0. The Morgan fingerprint density at radius 3 is 2.75 bits per heavy atom. The summed E-state index contributed by atoms with van der Waals surface area (Å²) >= 11 is 0. The van der Waals surface area contributed by atoms with E-state index < -0.39 is 0 Å². The molecule has 2 fully saturated rings. The van der Waals surface area contributed by atoms with Crippen molar-refractivity contribution in [2.24, 2.45) is 11.8 Å². The van der Waals surface area contributed by atoms with Crippen molar-refractivity contribution in [3.05, 3.63) is 30.1 Å². The lowest BCUT2D eigenvalue weighted by molar-refractivity contribution is -0.136. The average Bonchev–Trinajstić information content (AvgIpc) is 3.22. The predicted octanol–water partition coefficient (Wildman–Crippen LogP) is 2.06. The van der Waals surface area contributed by atoms with Crippen LogP contribution in [-0.2, 0) is 14.3 Å². The molecule has 0 N–H and O–H groups in total. The molecule has 2 aliphatic rings. The summed E-state index contributed by atoms with van der Waals surface area (Å²) in [6, 6.07) is 5.81. The highest BCUT2D eigenvalue weighted by atomic mass is 19.1. The monoisotopic (exact) mass is 334 g/mol. The molecular formula is C18H23FN2O3. The largest absolute Gasteiger partial charge is 0.381 e. The highest BCUT2D eigenvalue weighted by Gasteiger charge is 2.37. The zero-order valence-corrected chi connectivity index (χ0v) is 13.9. The van der Waals surface area contributed by atoms with Gasteiger partial charge in [0.05, 0.1) is 12.5 Å². The van der Waals surface area contributed by atoms with Crippen LogP contribution in [-0.4, -0.2) is 49.6 Å². The van der Waals surface area contributed by atoms with Gasteiger partial charge in [-0.05, 0) is 37.6 Å². The number of benzene rings is 1. The maximum Gasteiger partial charge on any atom is 0.228 e. The summed E-state index contributed by atoms with van der Waals surface area (Å²) in [5, 5.41) is 0. The van der Waals surface area contributed by atoms with Gasteiger partial charge in [0.15, 0.2) is 0 Å². The highest BCUT2D eigenvalue weighted by Crippen LogP contribution is 2.27. The molecule has 0 bridgehead atoms. The number of carbonyl (C=O) groups is 2. The van der Waals surface area contributed by atoms with Crippen molar-refractivity contribution >= 4 is 17.5 Å².